The van der Waals surface area contributed by atoms with Crippen molar-refractivity contribution in [2.45, 2.75) is 13.3 Å². The lowest BCUT2D eigenvalue weighted by atomic mass is 10.3. The van der Waals surface area contributed by atoms with Crippen molar-refractivity contribution in [3.8, 4) is 5.75 Å². The highest BCUT2D eigenvalue weighted by molar-refractivity contribution is 5.96. The van der Waals surface area contributed by atoms with Gasteiger partial charge in [0.1, 0.15) is 13.0 Å². The van der Waals surface area contributed by atoms with Gasteiger partial charge in [-0.25, -0.2) is 8.78 Å². The lowest BCUT2D eigenvalue weighted by Gasteiger charge is -2.07. The summed E-state index contributed by atoms with van der Waals surface area (Å²) in [6.45, 7) is 1.18. The van der Waals surface area contributed by atoms with Gasteiger partial charge in [-0.2, -0.15) is 0 Å². The van der Waals surface area contributed by atoms with Crippen LogP contribution in [0.2, 0.25) is 0 Å². The fraction of sp³-hybridized carbons (Fsp3) is 0.333. The van der Waals surface area contributed by atoms with Gasteiger partial charge in [-0.05, 0) is 19.1 Å². The summed E-state index contributed by atoms with van der Waals surface area (Å²) in [5.41, 5.74) is 0. The Kier molecular flexibility index (Phi) is 5.23. The third kappa shape index (κ3) is 4.12. The van der Waals surface area contributed by atoms with Gasteiger partial charge in [-0.1, -0.05) is 6.07 Å². The Morgan fingerprint density at radius 3 is 2.39 bits per heavy atom. The highest BCUT2D eigenvalue weighted by Crippen LogP contribution is 2.20. The fourth-order valence-corrected chi connectivity index (χ4v) is 1.20. The molecule has 0 heterocycles. The van der Waals surface area contributed by atoms with Crippen LogP contribution in [-0.2, 0) is 14.3 Å². The van der Waals surface area contributed by atoms with Gasteiger partial charge in [0.2, 0.25) is 0 Å². The molecule has 1 aromatic carbocycles. The minimum Gasteiger partial charge on any atom is -0.480 e. The van der Waals surface area contributed by atoms with E-state index in [-0.39, 0.29) is 6.61 Å². The summed E-state index contributed by atoms with van der Waals surface area (Å²) in [6, 6.07) is 3.19. The Labute approximate surface area is 103 Å². The fourth-order valence-electron chi connectivity index (χ4n) is 1.20. The highest BCUT2D eigenvalue weighted by atomic mass is 19.1. The first kappa shape index (κ1) is 14.1. The minimum absolute atomic E-state index is 0.162. The number of ketones is 1. The second-order valence-electron chi connectivity index (χ2n) is 3.36. The van der Waals surface area contributed by atoms with E-state index in [0.29, 0.717) is 0 Å². The summed E-state index contributed by atoms with van der Waals surface area (Å²) >= 11 is 0. The van der Waals surface area contributed by atoms with Crippen LogP contribution in [-0.4, -0.2) is 25.0 Å². The van der Waals surface area contributed by atoms with Crippen LogP contribution in [0, 0.1) is 11.6 Å². The number of para-hydroxylation sites is 1. The molecule has 0 bridgehead atoms. The Bertz CT molecular complexity index is 425. The SMILES string of the molecule is CCOC(=O)CC(=O)COc1c(F)cccc1F. The number of carbonyl (C=O) groups is 2. The van der Waals surface area contributed by atoms with Crippen LogP contribution < -0.4 is 4.74 Å². The standard InChI is InChI=1S/C12H12F2O4/c1-2-17-11(16)6-8(15)7-18-12-9(13)4-3-5-10(12)14/h3-5H,2,6-7H2,1H3. The molecule has 0 N–H and O–H groups in total. The summed E-state index contributed by atoms with van der Waals surface area (Å²) < 4.78 is 35.5. The van der Waals surface area contributed by atoms with Crippen LogP contribution in [0.25, 0.3) is 0 Å². The van der Waals surface area contributed by atoms with Crippen molar-refractivity contribution in [3.05, 3.63) is 29.8 Å². The number of Topliss-reactive ketones (excluding diaryl/α,β-unsaturated/α-hetero) is 1. The molecular formula is C12H12F2O4. The Morgan fingerprint density at radius 2 is 1.83 bits per heavy atom. The Balaban J connectivity index is 2.50. The second kappa shape index (κ2) is 6.68. The molecule has 0 saturated heterocycles. The number of esters is 1. The van der Waals surface area contributed by atoms with Gasteiger partial charge in [-0.15, -0.1) is 0 Å². The van der Waals surface area contributed by atoms with Crippen molar-refractivity contribution < 1.29 is 27.8 Å². The van der Waals surface area contributed by atoms with Gasteiger partial charge in [-0.3, -0.25) is 9.59 Å². The molecule has 0 aliphatic carbocycles. The molecular weight excluding hydrogens is 246 g/mol. The smallest absolute Gasteiger partial charge is 0.313 e. The van der Waals surface area contributed by atoms with Crippen molar-refractivity contribution in [2.75, 3.05) is 13.2 Å². The van der Waals surface area contributed by atoms with Crippen LogP contribution >= 0.6 is 0 Å². The molecule has 0 fully saturated rings. The number of halogens is 2. The molecule has 18 heavy (non-hydrogen) atoms. The molecule has 0 amide bonds. The molecule has 0 aliphatic rings. The number of ether oxygens (including phenoxy) is 2. The van der Waals surface area contributed by atoms with Crippen LogP contribution in [0.1, 0.15) is 13.3 Å². The molecule has 0 radical (unpaired) electrons. The molecule has 0 atom stereocenters. The molecule has 6 heteroatoms. The first-order chi connectivity index (χ1) is 8.54. The second-order valence-corrected chi connectivity index (χ2v) is 3.36. The minimum atomic E-state index is -0.904. The van der Waals surface area contributed by atoms with Gasteiger partial charge in [0, 0.05) is 0 Å². The summed E-state index contributed by atoms with van der Waals surface area (Å²) in [4.78, 5) is 22.2. The summed E-state index contributed by atoms with van der Waals surface area (Å²) in [5, 5.41) is 0. The van der Waals surface area contributed by atoms with Gasteiger partial charge in [0.05, 0.1) is 6.61 Å². The number of benzene rings is 1. The van der Waals surface area contributed by atoms with E-state index in [4.69, 9.17) is 4.74 Å². The molecule has 0 spiro atoms. The first-order valence-electron chi connectivity index (χ1n) is 5.28. The normalized spacial score (nSPS) is 9.94. The number of hydrogen-bond donors (Lipinski definition) is 0. The van der Waals surface area contributed by atoms with E-state index in [2.05, 4.69) is 4.74 Å². The van der Waals surface area contributed by atoms with E-state index < -0.39 is 42.2 Å². The zero-order chi connectivity index (χ0) is 13.5. The molecule has 98 valence electrons. The largest absolute Gasteiger partial charge is 0.480 e. The van der Waals surface area contributed by atoms with Crippen LogP contribution in [0.4, 0.5) is 8.78 Å². The van der Waals surface area contributed by atoms with Gasteiger partial charge >= 0.3 is 5.97 Å². The average Bonchev–Trinajstić information content (AvgIpc) is 2.28. The lowest BCUT2D eigenvalue weighted by molar-refractivity contribution is -0.145. The maximum absolute atomic E-state index is 13.1. The third-order valence-corrected chi connectivity index (χ3v) is 1.94. The van der Waals surface area contributed by atoms with Crippen LogP contribution in [0.3, 0.4) is 0 Å². The Morgan fingerprint density at radius 1 is 1.22 bits per heavy atom. The van der Waals surface area contributed by atoms with Crippen molar-refractivity contribution in [2.24, 2.45) is 0 Å². The van der Waals surface area contributed by atoms with E-state index in [1.54, 1.807) is 6.92 Å². The summed E-state index contributed by atoms with van der Waals surface area (Å²) in [6.07, 6.45) is -0.482. The van der Waals surface area contributed by atoms with E-state index >= 15 is 0 Å². The number of rotatable bonds is 6. The molecule has 1 aromatic rings. The summed E-state index contributed by atoms with van der Waals surface area (Å²) in [5.74, 6) is -3.75. The molecule has 0 aliphatic heterocycles. The zero-order valence-electron chi connectivity index (χ0n) is 9.74. The van der Waals surface area contributed by atoms with Crippen molar-refractivity contribution in [1.82, 2.24) is 0 Å². The third-order valence-electron chi connectivity index (χ3n) is 1.94. The molecule has 0 aromatic heterocycles. The highest BCUT2D eigenvalue weighted by Gasteiger charge is 2.14. The van der Waals surface area contributed by atoms with Gasteiger partial charge in [0.15, 0.2) is 23.2 Å². The predicted molar refractivity (Wildman–Crippen MR) is 58.1 cm³/mol. The van der Waals surface area contributed by atoms with E-state index in [0.717, 1.165) is 12.1 Å². The van der Waals surface area contributed by atoms with E-state index in [1.807, 2.05) is 0 Å². The molecule has 1 rings (SSSR count). The number of hydrogen-bond acceptors (Lipinski definition) is 4. The predicted octanol–water partition coefficient (Wildman–Crippen LogP) is 1.87. The van der Waals surface area contributed by atoms with Crippen molar-refractivity contribution in [1.29, 1.82) is 0 Å². The number of carbonyl (C=O) groups excluding carboxylic acids is 2. The molecule has 0 saturated carbocycles. The van der Waals surface area contributed by atoms with Crippen molar-refractivity contribution >= 4 is 11.8 Å². The zero-order valence-corrected chi connectivity index (χ0v) is 9.74. The van der Waals surface area contributed by atoms with Gasteiger partial charge < -0.3 is 9.47 Å². The quantitative estimate of drug-likeness (QED) is 0.577. The summed E-state index contributed by atoms with van der Waals surface area (Å²) in [7, 11) is 0. The topological polar surface area (TPSA) is 52.6 Å². The molecule has 4 nitrogen and oxygen atoms in total. The maximum Gasteiger partial charge on any atom is 0.313 e. The molecule has 0 unspecified atom stereocenters. The monoisotopic (exact) mass is 258 g/mol. The van der Waals surface area contributed by atoms with Crippen LogP contribution in [0.5, 0.6) is 5.75 Å². The van der Waals surface area contributed by atoms with Gasteiger partial charge in [0.25, 0.3) is 0 Å². The Hall–Kier alpha value is -1.98. The van der Waals surface area contributed by atoms with Crippen molar-refractivity contribution in [3.63, 3.8) is 0 Å². The van der Waals surface area contributed by atoms with E-state index in [9.17, 15) is 18.4 Å². The lowest BCUT2D eigenvalue weighted by Crippen LogP contribution is -2.18. The van der Waals surface area contributed by atoms with E-state index in [1.165, 1.54) is 6.07 Å². The van der Waals surface area contributed by atoms with Crippen LogP contribution in [0.15, 0.2) is 18.2 Å². The maximum atomic E-state index is 13.1. The average molecular weight is 258 g/mol. The first-order valence-corrected chi connectivity index (χ1v) is 5.28.